The first-order chi connectivity index (χ1) is 7.67. The number of rotatable bonds is 6. The smallest absolute Gasteiger partial charge is 0.310 e. The summed E-state index contributed by atoms with van der Waals surface area (Å²) in [4.78, 5) is 11.6. The molecular formula is C14H24O2. The molecule has 2 unspecified atom stereocenters. The van der Waals surface area contributed by atoms with Gasteiger partial charge >= 0.3 is 5.97 Å². The molecular weight excluding hydrogens is 200 g/mol. The summed E-state index contributed by atoms with van der Waals surface area (Å²) in [5.41, 5.74) is -0.507. The molecule has 0 aromatic carbocycles. The molecule has 0 aromatic heterocycles. The Morgan fingerprint density at radius 1 is 1.50 bits per heavy atom. The quantitative estimate of drug-likeness (QED) is 0.692. The van der Waals surface area contributed by atoms with Crippen LogP contribution < -0.4 is 0 Å². The molecule has 0 saturated carbocycles. The van der Waals surface area contributed by atoms with Gasteiger partial charge in [0.1, 0.15) is 0 Å². The molecule has 1 aliphatic rings. The van der Waals surface area contributed by atoms with E-state index in [9.17, 15) is 9.90 Å². The third-order valence-corrected chi connectivity index (χ3v) is 4.00. The zero-order valence-electron chi connectivity index (χ0n) is 10.5. The summed E-state index contributed by atoms with van der Waals surface area (Å²) in [5, 5.41) is 9.57. The normalized spacial score (nSPS) is 24.0. The van der Waals surface area contributed by atoms with Crippen molar-refractivity contribution in [3.05, 3.63) is 12.2 Å². The molecule has 0 heterocycles. The SMILES string of the molecule is CCCCC(CC)(C(=O)O)C1C=CCCC1. The Hall–Kier alpha value is -0.790. The molecule has 16 heavy (non-hydrogen) atoms. The highest BCUT2D eigenvalue weighted by atomic mass is 16.4. The first-order valence-electron chi connectivity index (χ1n) is 6.57. The van der Waals surface area contributed by atoms with E-state index in [4.69, 9.17) is 0 Å². The molecule has 0 bridgehead atoms. The summed E-state index contributed by atoms with van der Waals surface area (Å²) in [6, 6.07) is 0. The lowest BCUT2D eigenvalue weighted by molar-refractivity contribution is -0.152. The minimum absolute atomic E-state index is 0.246. The summed E-state index contributed by atoms with van der Waals surface area (Å²) in [5.74, 6) is -0.352. The Labute approximate surface area is 98.7 Å². The monoisotopic (exact) mass is 224 g/mol. The summed E-state index contributed by atoms with van der Waals surface area (Å²) in [6.45, 7) is 4.14. The van der Waals surface area contributed by atoms with Crippen LogP contribution in [-0.2, 0) is 4.79 Å². The van der Waals surface area contributed by atoms with Crippen LogP contribution in [0.3, 0.4) is 0 Å². The van der Waals surface area contributed by atoms with Crippen LogP contribution >= 0.6 is 0 Å². The molecule has 1 rings (SSSR count). The molecule has 1 N–H and O–H groups in total. The summed E-state index contributed by atoms with van der Waals surface area (Å²) >= 11 is 0. The number of carboxylic acid groups (broad SMARTS) is 1. The van der Waals surface area contributed by atoms with E-state index in [1.807, 2.05) is 6.92 Å². The Morgan fingerprint density at radius 3 is 2.69 bits per heavy atom. The van der Waals surface area contributed by atoms with E-state index in [1.165, 1.54) is 0 Å². The van der Waals surface area contributed by atoms with Gasteiger partial charge in [-0.1, -0.05) is 38.8 Å². The van der Waals surface area contributed by atoms with E-state index in [2.05, 4.69) is 19.1 Å². The predicted octanol–water partition coefficient (Wildman–Crippen LogP) is 4.01. The first kappa shape index (κ1) is 13.3. The van der Waals surface area contributed by atoms with Crippen LogP contribution in [0, 0.1) is 11.3 Å². The second-order valence-electron chi connectivity index (χ2n) is 4.88. The fraction of sp³-hybridized carbons (Fsp3) is 0.786. The van der Waals surface area contributed by atoms with Crippen molar-refractivity contribution in [1.82, 2.24) is 0 Å². The van der Waals surface area contributed by atoms with Gasteiger partial charge in [0.25, 0.3) is 0 Å². The van der Waals surface area contributed by atoms with Crippen molar-refractivity contribution >= 4 is 5.97 Å². The fourth-order valence-electron chi connectivity index (χ4n) is 2.81. The zero-order chi connectivity index (χ0) is 12.0. The van der Waals surface area contributed by atoms with Crippen LogP contribution in [0.25, 0.3) is 0 Å². The Morgan fingerprint density at radius 2 is 2.25 bits per heavy atom. The molecule has 0 spiro atoms. The Kier molecular flexibility index (Phi) is 5.04. The maximum atomic E-state index is 11.6. The van der Waals surface area contributed by atoms with Crippen molar-refractivity contribution in [2.45, 2.75) is 58.8 Å². The van der Waals surface area contributed by atoms with Crippen LogP contribution in [0.1, 0.15) is 58.8 Å². The third-order valence-electron chi connectivity index (χ3n) is 4.00. The number of carbonyl (C=O) groups is 1. The Balaban J connectivity index is 2.86. The molecule has 2 atom stereocenters. The average Bonchev–Trinajstić information content (AvgIpc) is 2.31. The molecule has 0 saturated heterocycles. The minimum Gasteiger partial charge on any atom is -0.481 e. The van der Waals surface area contributed by atoms with Gasteiger partial charge in [0.2, 0.25) is 0 Å². The molecule has 0 fully saturated rings. The van der Waals surface area contributed by atoms with Crippen molar-refractivity contribution < 1.29 is 9.90 Å². The first-order valence-corrected chi connectivity index (χ1v) is 6.57. The molecule has 2 heteroatoms. The van der Waals surface area contributed by atoms with Gasteiger partial charge in [-0.15, -0.1) is 0 Å². The van der Waals surface area contributed by atoms with Gasteiger partial charge in [-0.3, -0.25) is 4.79 Å². The highest BCUT2D eigenvalue weighted by molar-refractivity contribution is 5.75. The van der Waals surface area contributed by atoms with Crippen molar-refractivity contribution in [3.63, 3.8) is 0 Å². The highest BCUT2D eigenvalue weighted by Gasteiger charge is 2.42. The molecule has 92 valence electrons. The maximum Gasteiger partial charge on any atom is 0.310 e. The van der Waals surface area contributed by atoms with Crippen molar-refractivity contribution in [2.75, 3.05) is 0 Å². The van der Waals surface area contributed by atoms with Gasteiger partial charge in [-0.2, -0.15) is 0 Å². The van der Waals surface area contributed by atoms with Crippen LogP contribution in [0.15, 0.2) is 12.2 Å². The van der Waals surface area contributed by atoms with Gasteiger partial charge in [0, 0.05) is 0 Å². The van der Waals surface area contributed by atoms with E-state index >= 15 is 0 Å². The lowest BCUT2D eigenvalue weighted by Crippen LogP contribution is -2.38. The number of aliphatic carboxylic acids is 1. The van der Waals surface area contributed by atoms with Crippen molar-refractivity contribution in [3.8, 4) is 0 Å². The van der Waals surface area contributed by atoms with E-state index in [1.54, 1.807) is 0 Å². The van der Waals surface area contributed by atoms with E-state index < -0.39 is 11.4 Å². The molecule has 0 aliphatic heterocycles. The Bertz CT molecular complexity index is 257. The van der Waals surface area contributed by atoms with E-state index in [0.29, 0.717) is 0 Å². The second kappa shape index (κ2) is 6.07. The lowest BCUT2D eigenvalue weighted by Gasteiger charge is -2.36. The minimum atomic E-state index is -0.597. The largest absolute Gasteiger partial charge is 0.481 e. The van der Waals surface area contributed by atoms with Gasteiger partial charge in [-0.25, -0.2) is 0 Å². The number of hydrogen-bond acceptors (Lipinski definition) is 1. The van der Waals surface area contributed by atoms with Crippen LogP contribution in [0.4, 0.5) is 0 Å². The van der Waals surface area contributed by atoms with Crippen molar-refractivity contribution in [2.24, 2.45) is 11.3 Å². The summed E-state index contributed by atoms with van der Waals surface area (Å²) < 4.78 is 0. The highest BCUT2D eigenvalue weighted by Crippen LogP contribution is 2.42. The fourth-order valence-corrected chi connectivity index (χ4v) is 2.81. The molecule has 1 aliphatic carbocycles. The lowest BCUT2D eigenvalue weighted by atomic mass is 9.67. The number of hydrogen-bond donors (Lipinski definition) is 1. The van der Waals surface area contributed by atoms with Crippen LogP contribution in [0.5, 0.6) is 0 Å². The number of unbranched alkanes of at least 4 members (excludes halogenated alkanes) is 1. The average molecular weight is 224 g/mol. The number of carboxylic acids is 1. The van der Waals surface area contributed by atoms with Gasteiger partial charge in [0.05, 0.1) is 5.41 Å². The molecule has 2 nitrogen and oxygen atoms in total. The van der Waals surface area contributed by atoms with Crippen LogP contribution in [0.2, 0.25) is 0 Å². The summed E-state index contributed by atoms with van der Waals surface area (Å²) in [7, 11) is 0. The predicted molar refractivity (Wildman–Crippen MR) is 66.4 cm³/mol. The standard InChI is InChI=1S/C14H24O2/c1-3-5-11-14(4-2,13(15)16)12-9-7-6-8-10-12/h7,9,12H,3-6,8,10-11H2,1-2H3,(H,15,16). The molecule has 0 amide bonds. The van der Waals surface area contributed by atoms with Gasteiger partial charge in [-0.05, 0) is 38.0 Å². The maximum absolute atomic E-state index is 11.6. The van der Waals surface area contributed by atoms with E-state index in [-0.39, 0.29) is 5.92 Å². The van der Waals surface area contributed by atoms with Gasteiger partial charge in [0.15, 0.2) is 0 Å². The second-order valence-corrected chi connectivity index (χ2v) is 4.88. The third kappa shape index (κ3) is 2.66. The molecule has 0 aromatic rings. The topological polar surface area (TPSA) is 37.3 Å². The van der Waals surface area contributed by atoms with Gasteiger partial charge < -0.3 is 5.11 Å². The summed E-state index contributed by atoms with van der Waals surface area (Å²) in [6.07, 6.45) is 11.3. The number of allylic oxidation sites excluding steroid dienone is 2. The zero-order valence-corrected chi connectivity index (χ0v) is 10.5. The van der Waals surface area contributed by atoms with Crippen LogP contribution in [-0.4, -0.2) is 11.1 Å². The van der Waals surface area contributed by atoms with Crippen molar-refractivity contribution in [1.29, 1.82) is 0 Å². The van der Waals surface area contributed by atoms with E-state index in [0.717, 1.165) is 44.9 Å². The molecule has 0 radical (unpaired) electrons.